The molecule has 11 nitrogen and oxygen atoms in total. The fourth-order valence-corrected chi connectivity index (χ4v) is 4.67. The number of aliphatic hydroxyl groups excluding tert-OH is 1. The van der Waals surface area contributed by atoms with E-state index in [1.807, 2.05) is 12.1 Å². The van der Waals surface area contributed by atoms with E-state index in [2.05, 4.69) is 32.4 Å². The number of ether oxygens (including phenoxy) is 1. The minimum absolute atomic E-state index is 0.0591. The summed E-state index contributed by atoms with van der Waals surface area (Å²) in [5.41, 5.74) is 3.19. The summed E-state index contributed by atoms with van der Waals surface area (Å²) in [7, 11) is -4.51. The lowest BCUT2D eigenvalue weighted by Gasteiger charge is -2.16. The van der Waals surface area contributed by atoms with Gasteiger partial charge in [-0.2, -0.15) is 13.1 Å². The number of aliphatic hydroxyl groups is 1. The molecule has 5 atom stereocenters. The molecule has 0 spiro atoms. The van der Waals surface area contributed by atoms with Gasteiger partial charge in [-0.15, -0.1) is 0 Å². The van der Waals surface area contributed by atoms with Crippen LogP contribution in [0.3, 0.4) is 0 Å². The quantitative estimate of drug-likeness (QED) is 0.390. The minimum atomic E-state index is -4.51. The number of rotatable bonds is 6. The number of nitrogens with one attached hydrogen (secondary N) is 2. The standard InChI is InChI=1S/C19H21FN6O5S/c20-14-16(27)13(7-24-32(28,29)30)31-19(14)26-9-23-15-17(21-8-22-18(15)26)25-12-6-5-10-3-1-2-4-11(10)12/h1-4,8-9,12-14,16,19,24,27H,5-7H2,(H,21,22,25)(H,28,29,30)/t12-,13+,14-,16+,19+/m0/s1. The largest absolute Gasteiger partial charge is 0.387 e. The van der Waals surface area contributed by atoms with Crippen molar-refractivity contribution in [3.05, 3.63) is 48.0 Å². The van der Waals surface area contributed by atoms with Crippen LogP contribution in [0.5, 0.6) is 0 Å². The second-order valence-corrected chi connectivity index (χ2v) is 9.04. The van der Waals surface area contributed by atoms with Gasteiger partial charge >= 0.3 is 10.3 Å². The van der Waals surface area contributed by atoms with E-state index >= 15 is 0 Å². The van der Waals surface area contributed by atoms with E-state index in [4.69, 9.17) is 9.29 Å². The number of hydrogen-bond donors (Lipinski definition) is 4. The molecule has 0 saturated carbocycles. The van der Waals surface area contributed by atoms with Gasteiger partial charge in [0.05, 0.1) is 12.4 Å². The summed E-state index contributed by atoms with van der Waals surface area (Å²) in [6.07, 6.45) is -1.43. The van der Waals surface area contributed by atoms with Crippen LogP contribution >= 0.6 is 0 Å². The zero-order valence-corrected chi connectivity index (χ0v) is 17.5. The molecule has 0 amide bonds. The Morgan fingerprint density at radius 2 is 2.06 bits per heavy atom. The van der Waals surface area contributed by atoms with E-state index in [0.29, 0.717) is 17.0 Å². The van der Waals surface area contributed by atoms with Gasteiger partial charge in [0.15, 0.2) is 29.4 Å². The number of fused-ring (bicyclic) bond motifs is 2. The summed E-state index contributed by atoms with van der Waals surface area (Å²) < 4.78 is 54.1. The van der Waals surface area contributed by atoms with Gasteiger partial charge in [-0.3, -0.25) is 9.12 Å². The van der Waals surface area contributed by atoms with Crippen molar-refractivity contribution in [2.24, 2.45) is 0 Å². The number of aromatic nitrogens is 4. The fraction of sp³-hybridized carbons (Fsp3) is 0.421. The van der Waals surface area contributed by atoms with Crippen LogP contribution < -0.4 is 10.0 Å². The summed E-state index contributed by atoms with van der Waals surface area (Å²) in [6, 6.07) is 8.22. The summed E-state index contributed by atoms with van der Waals surface area (Å²) in [4.78, 5) is 12.8. The Morgan fingerprint density at radius 1 is 1.25 bits per heavy atom. The Kier molecular flexibility index (Phi) is 5.29. The van der Waals surface area contributed by atoms with E-state index in [1.54, 1.807) is 4.72 Å². The molecule has 1 fully saturated rings. The molecule has 1 aliphatic carbocycles. The molecule has 2 aromatic heterocycles. The SMILES string of the molecule is O=S(=O)(O)NC[C@H]1O[C@@H](n2cnc3c(N[C@H]4CCc5ccccc54)ncnc32)[C@@H](F)[C@@H]1O. The van der Waals surface area contributed by atoms with Crippen molar-refractivity contribution in [1.29, 1.82) is 0 Å². The third-order valence-electron chi connectivity index (χ3n) is 5.84. The van der Waals surface area contributed by atoms with Crippen molar-refractivity contribution in [2.75, 3.05) is 11.9 Å². The number of hydrogen-bond acceptors (Lipinski definition) is 8. The summed E-state index contributed by atoms with van der Waals surface area (Å²) in [5.74, 6) is 0.494. The molecule has 0 radical (unpaired) electrons. The number of aryl methyl sites for hydroxylation is 1. The van der Waals surface area contributed by atoms with Crippen molar-refractivity contribution < 1.29 is 27.2 Å². The summed E-state index contributed by atoms with van der Waals surface area (Å²) in [6.45, 7) is -0.494. The lowest BCUT2D eigenvalue weighted by atomic mass is 10.1. The van der Waals surface area contributed by atoms with Crippen LogP contribution in [0, 0.1) is 0 Å². The van der Waals surface area contributed by atoms with Crippen molar-refractivity contribution >= 4 is 27.3 Å². The minimum Gasteiger partial charge on any atom is -0.387 e. The second-order valence-electron chi connectivity index (χ2n) is 7.80. The molecule has 2 aliphatic rings. The van der Waals surface area contributed by atoms with Gasteiger partial charge in [0.1, 0.15) is 18.5 Å². The van der Waals surface area contributed by atoms with Crippen molar-refractivity contribution in [3.63, 3.8) is 0 Å². The number of nitrogens with zero attached hydrogens (tertiary/aromatic N) is 4. The first-order chi connectivity index (χ1) is 15.3. The van der Waals surface area contributed by atoms with Crippen LogP contribution in [0.1, 0.15) is 29.8 Å². The lowest BCUT2D eigenvalue weighted by Crippen LogP contribution is -2.38. The molecule has 3 heterocycles. The van der Waals surface area contributed by atoms with Gasteiger partial charge in [0.2, 0.25) is 0 Å². The molecule has 4 N–H and O–H groups in total. The third-order valence-corrected chi connectivity index (χ3v) is 6.37. The zero-order valence-electron chi connectivity index (χ0n) is 16.7. The van der Waals surface area contributed by atoms with Crippen molar-refractivity contribution in [2.45, 2.75) is 43.5 Å². The first-order valence-electron chi connectivity index (χ1n) is 10.0. The lowest BCUT2D eigenvalue weighted by molar-refractivity contribution is -0.0196. The normalized spacial score (nSPS) is 27.7. The van der Waals surface area contributed by atoms with E-state index in [-0.39, 0.29) is 6.04 Å². The molecule has 32 heavy (non-hydrogen) atoms. The van der Waals surface area contributed by atoms with Crippen molar-refractivity contribution in [3.8, 4) is 0 Å². The summed E-state index contributed by atoms with van der Waals surface area (Å²) in [5, 5.41) is 13.5. The second kappa shape index (κ2) is 8.01. The number of benzene rings is 1. The fourth-order valence-electron chi connectivity index (χ4n) is 4.30. The van der Waals surface area contributed by atoms with Crippen LogP contribution in [0.4, 0.5) is 10.2 Å². The Bertz CT molecular complexity index is 1250. The summed E-state index contributed by atoms with van der Waals surface area (Å²) >= 11 is 0. The topological polar surface area (TPSA) is 151 Å². The van der Waals surface area contributed by atoms with E-state index in [1.165, 1.54) is 28.3 Å². The maximum Gasteiger partial charge on any atom is 0.333 e. The number of anilines is 1. The predicted octanol–water partition coefficient (Wildman–Crippen LogP) is 0.914. The monoisotopic (exact) mass is 464 g/mol. The molecule has 5 rings (SSSR count). The van der Waals surface area contributed by atoms with Gasteiger partial charge in [-0.05, 0) is 24.0 Å². The maximum absolute atomic E-state index is 14.8. The molecular formula is C19H21FN6O5S. The van der Waals surface area contributed by atoms with Crippen LogP contribution in [0.25, 0.3) is 11.2 Å². The number of imidazole rings is 1. The molecular weight excluding hydrogens is 443 g/mol. The third kappa shape index (κ3) is 3.82. The highest BCUT2D eigenvalue weighted by atomic mass is 32.2. The van der Waals surface area contributed by atoms with E-state index in [9.17, 15) is 17.9 Å². The Labute approximate surface area is 182 Å². The Morgan fingerprint density at radius 3 is 2.88 bits per heavy atom. The van der Waals surface area contributed by atoms with Gasteiger partial charge in [-0.1, -0.05) is 24.3 Å². The average Bonchev–Trinajstić information content (AvgIpc) is 3.44. The highest BCUT2D eigenvalue weighted by Crippen LogP contribution is 2.36. The molecule has 0 bridgehead atoms. The van der Waals surface area contributed by atoms with Crippen LogP contribution in [-0.2, 0) is 21.5 Å². The molecule has 1 aliphatic heterocycles. The van der Waals surface area contributed by atoms with E-state index in [0.717, 1.165) is 12.8 Å². The Balaban J connectivity index is 1.40. The zero-order chi connectivity index (χ0) is 22.5. The molecule has 3 aromatic rings. The van der Waals surface area contributed by atoms with Crippen LogP contribution in [0.2, 0.25) is 0 Å². The van der Waals surface area contributed by atoms with Crippen molar-refractivity contribution in [1.82, 2.24) is 24.2 Å². The van der Waals surface area contributed by atoms with E-state index < -0.39 is 41.5 Å². The first kappa shape index (κ1) is 21.2. The molecule has 1 saturated heterocycles. The smallest absolute Gasteiger partial charge is 0.333 e. The van der Waals surface area contributed by atoms with Gasteiger partial charge in [-0.25, -0.2) is 19.3 Å². The van der Waals surface area contributed by atoms with Crippen LogP contribution in [0.15, 0.2) is 36.9 Å². The molecule has 13 heteroatoms. The van der Waals surface area contributed by atoms with Crippen LogP contribution in [-0.4, -0.2) is 62.5 Å². The number of alkyl halides is 1. The highest BCUT2D eigenvalue weighted by molar-refractivity contribution is 7.83. The first-order valence-corrected chi connectivity index (χ1v) is 11.5. The van der Waals surface area contributed by atoms with Gasteiger partial charge in [0.25, 0.3) is 0 Å². The van der Waals surface area contributed by atoms with Gasteiger partial charge < -0.3 is 15.2 Å². The number of halogens is 1. The highest BCUT2D eigenvalue weighted by Gasteiger charge is 2.46. The molecule has 0 unspecified atom stereocenters. The average molecular weight is 464 g/mol. The predicted molar refractivity (Wildman–Crippen MR) is 111 cm³/mol. The van der Waals surface area contributed by atoms with Gasteiger partial charge in [0, 0.05) is 6.54 Å². The Hall–Kier alpha value is -2.71. The molecule has 170 valence electrons. The molecule has 1 aromatic carbocycles. The maximum atomic E-state index is 14.8.